The van der Waals surface area contributed by atoms with E-state index in [-0.39, 0.29) is 5.91 Å². The molecule has 0 spiro atoms. The van der Waals surface area contributed by atoms with Crippen LogP contribution in [0.3, 0.4) is 0 Å². The van der Waals surface area contributed by atoms with Crippen molar-refractivity contribution in [1.29, 1.82) is 0 Å². The predicted octanol–water partition coefficient (Wildman–Crippen LogP) is 0.166. The fourth-order valence-corrected chi connectivity index (χ4v) is 1.21. The van der Waals surface area contributed by atoms with Crippen molar-refractivity contribution in [3.8, 4) is 0 Å². The van der Waals surface area contributed by atoms with E-state index < -0.39 is 0 Å². The van der Waals surface area contributed by atoms with E-state index in [9.17, 15) is 4.79 Å². The van der Waals surface area contributed by atoms with Gasteiger partial charge in [-0.2, -0.15) is 0 Å². The summed E-state index contributed by atoms with van der Waals surface area (Å²) in [5, 5.41) is 0. The zero-order chi connectivity index (χ0) is 9.26. The fraction of sp³-hybridized carbons (Fsp3) is 0. The molecule has 0 aromatic carbocycles. The number of hydrogen-bond donors (Lipinski definition) is 3. The molecule has 4 N–H and O–H groups in total. The van der Waals surface area contributed by atoms with Gasteiger partial charge in [-0.1, -0.05) is 0 Å². The van der Waals surface area contributed by atoms with Gasteiger partial charge < -0.3 is 4.98 Å². The molecule has 66 valence electrons. The molecule has 2 aromatic heterocycles. The number of nitrogen functional groups attached to an aromatic ring is 1. The normalized spacial score (nSPS) is 10.2. The standard InChI is InChI=1S/C8H8N4O/c9-12-8(13)5-4-11-6-2-1-3-10-7(5)6/h1-4,11H,9H2,(H,12,13). The SMILES string of the molecule is NNC(=O)c1c[nH]c2cccnc12. The summed E-state index contributed by atoms with van der Waals surface area (Å²) in [4.78, 5) is 18.2. The first-order valence-electron chi connectivity index (χ1n) is 3.76. The van der Waals surface area contributed by atoms with E-state index in [1.54, 1.807) is 18.5 Å². The number of pyridine rings is 1. The first-order valence-corrected chi connectivity index (χ1v) is 3.76. The van der Waals surface area contributed by atoms with E-state index in [1.807, 2.05) is 6.07 Å². The number of aromatic nitrogens is 2. The summed E-state index contributed by atoms with van der Waals surface area (Å²) in [7, 11) is 0. The molecule has 5 nitrogen and oxygen atoms in total. The Bertz CT molecular complexity index is 448. The molecule has 0 fully saturated rings. The minimum absolute atomic E-state index is 0.343. The van der Waals surface area contributed by atoms with Crippen molar-refractivity contribution in [1.82, 2.24) is 15.4 Å². The van der Waals surface area contributed by atoms with Crippen LogP contribution in [0.2, 0.25) is 0 Å². The Labute approximate surface area is 73.9 Å². The number of rotatable bonds is 1. The number of nitrogens with zero attached hydrogens (tertiary/aromatic N) is 1. The lowest BCUT2D eigenvalue weighted by Gasteiger charge is -1.94. The molecule has 0 aliphatic carbocycles. The third kappa shape index (κ3) is 1.15. The molecular weight excluding hydrogens is 168 g/mol. The van der Waals surface area contributed by atoms with Crippen molar-refractivity contribution < 1.29 is 4.79 Å². The van der Waals surface area contributed by atoms with Crippen LogP contribution in [0.15, 0.2) is 24.5 Å². The number of carbonyl (C=O) groups excluding carboxylic acids is 1. The van der Waals surface area contributed by atoms with Crippen molar-refractivity contribution in [2.75, 3.05) is 0 Å². The number of nitrogens with two attached hydrogens (primary N) is 1. The minimum Gasteiger partial charge on any atom is -0.359 e. The number of aromatic amines is 1. The molecule has 0 aliphatic heterocycles. The molecule has 2 heterocycles. The lowest BCUT2D eigenvalue weighted by molar-refractivity contribution is 0.0955. The molecule has 1 amide bonds. The van der Waals surface area contributed by atoms with Crippen molar-refractivity contribution in [2.45, 2.75) is 0 Å². The molecule has 0 unspecified atom stereocenters. The van der Waals surface area contributed by atoms with Gasteiger partial charge in [0.15, 0.2) is 0 Å². The quantitative estimate of drug-likeness (QED) is 0.329. The first-order chi connectivity index (χ1) is 6.33. The van der Waals surface area contributed by atoms with Gasteiger partial charge in [0.05, 0.1) is 11.1 Å². The third-order valence-electron chi connectivity index (χ3n) is 1.81. The van der Waals surface area contributed by atoms with Crippen LogP contribution in [0, 0.1) is 0 Å². The summed E-state index contributed by atoms with van der Waals surface area (Å²) in [5.41, 5.74) is 3.97. The smallest absolute Gasteiger partial charge is 0.268 e. The van der Waals surface area contributed by atoms with Gasteiger partial charge in [0.1, 0.15) is 5.52 Å². The van der Waals surface area contributed by atoms with Crippen LogP contribution in [0.5, 0.6) is 0 Å². The Hall–Kier alpha value is -1.88. The largest absolute Gasteiger partial charge is 0.359 e. The van der Waals surface area contributed by atoms with E-state index in [0.29, 0.717) is 11.1 Å². The van der Waals surface area contributed by atoms with E-state index in [2.05, 4.69) is 15.4 Å². The summed E-state index contributed by atoms with van der Waals surface area (Å²) in [6.07, 6.45) is 3.21. The second-order valence-corrected chi connectivity index (χ2v) is 2.58. The summed E-state index contributed by atoms with van der Waals surface area (Å²) in [6.45, 7) is 0. The minimum atomic E-state index is -0.343. The van der Waals surface area contributed by atoms with Crippen LogP contribution in [0.25, 0.3) is 11.0 Å². The Kier molecular flexibility index (Phi) is 1.71. The van der Waals surface area contributed by atoms with Crippen LogP contribution in [0.4, 0.5) is 0 Å². The highest BCUT2D eigenvalue weighted by atomic mass is 16.2. The molecule has 0 saturated carbocycles. The van der Waals surface area contributed by atoms with E-state index in [1.165, 1.54) is 0 Å². The molecule has 2 rings (SSSR count). The average Bonchev–Trinajstić information content (AvgIpc) is 2.60. The Morgan fingerprint density at radius 3 is 3.23 bits per heavy atom. The molecule has 2 aromatic rings. The number of hydrazine groups is 1. The first kappa shape index (κ1) is 7.75. The highest BCUT2D eigenvalue weighted by Crippen LogP contribution is 2.13. The molecule has 0 saturated heterocycles. The van der Waals surface area contributed by atoms with Crippen LogP contribution < -0.4 is 11.3 Å². The highest BCUT2D eigenvalue weighted by Gasteiger charge is 2.10. The highest BCUT2D eigenvalue weighted by molar-refractivity contribution is 6.04. The molecular formula is C8H8N4O. The van der Waals surface area contributed by atoms with E-state index >= 15 is 0 Å². The van der Waals surface area contributed by atoms with Crippen LogP contribution in [-0.2, 0) is 0 Å². The zero-order valence-corrected chi connectivity index (χ0v) is 6.74. The zero-order valence-electron chi connectivity index (χ0n) is 6.74. The summed E-state index contributed by atoms with van der Waals surface area (Å²) >= 11 is 0. The molecule has 13 heavy (non-hydrogen) atoms. The van der Waals surface area contributed by atoms with Gasteiger partial charge in [-0.3, -0.25) is 15.2 Å². The van der Waals surface area contributed by atoms with Gasteiger partial charge in [-0.25, -0.2) is 5.84 Å². The van der Waals surface area contributed by atoms with Crippen LogP contribution in [0.1, 0.15) is 10.4 Å². The Balaban J connectivity index is 2.64. The van der Waals surface area contributed by atoms with Gasteiger partial charge in [-0.05, 0) is 12.1 Å². The fourth-order valence-electron chi connectivity index (χ4n) is 1.21. The topological polar surface area (TPSA) is 83.8 Å². The summed E-state index contributed by atoms with van der Waals surface area (Å²) < 4.78 is 0. The number of fused-ring (bicyclic) bond motifs is 1. The number of H-pyrrole nitrogens is 1. The van der Waals surface area contributed by atoms with Gasteiger partial charge in [0, 0.05) is 12.4 Å². The van der Waals surface area contributed by atoms with Gasteiger partial charge in [-0.15, -0.1) is 0 Å². The maximum absolute atomic E-state index is 11.2. The predicted molar refractivity (Wildman–Crippen MR) is 47.7 cm³/mol. The Morgan fingerprint density at radius 2 is 2.46 bits per heavy atom. The van der Waals surface area contributed by atoms with Gasteiger partial charge in [0.25, 0.3) is 5.91 Å². The van der Waals surface area contributed by atoms with Crippen molar-refractivity contribution in [3.05, 3.63) is 30.1 Å². The van der Waals surface area contributed by atoms with Crippen LogP contribution >= 0.6 is 0 Å². The van der Waals surface area contributed by atoms with Crippen LogP contribution in [-0.4, -0.2) is 15.9 Å². The number of carbonyl (C=O) groups is 1. The van der Waals surface area contributed by atoms with E-state index in [4.69, 9.17) is 5.84 Å². The lowest BCUT2D eigenvalue weighted by atomic mass is 10.2. The van der Waals surface area contributed by atoms with Crippen molar-refractivity contribution >= 4 is 16.9 Å². The van der Waals surface area contributed by atoms with Crippen molar-refractivity contribution in [2.24, 2.45) is 5.84 Å². The number of hydrogen-bond acceptors (Lipinski definition) is 3. The third-order valence-corrected chi connectivity index (χ3v) is 1.81. The van der Waals surface area contributed by atoms with Crippen molar-refractivity contribution in [3.63, 3.8) is 0 Å². The Morgan fingerprint density at radius 1 is 1.62 bits per heavy atom. The molecule has 0 bridgehead atoms. The summed E-state index contributed by atoms with van der Waals surface area (Å²) in [5.74, 6) is 4.67. The molecule has 0 aliphatic rings. The summed E-state index contributed by atoms with van der Waals surface area (Å²) in [6, 6.07) is 3.64. The maximum Gasteiger partial charge on any atom is 0.268 e. The molecule has 0 radical (unpaired) electrons. The van der Waals surface area contributed by atoms with Gasteiger partial charge >= 0.3 is 0 Å². The molecule has 5 heteroatoms. The average molecular weight is 176 g/mol. The second-order valence-electron chi connectivity index (χ2n) is 2.58. The second kappa shape index (κ2) is 2.87. The number of nitrogens with one attached hydrogen (secondary N) is 2. The molecule has 0 atom stereocenters. The van der Waals surface area contributed by atoms with Gasteiger partial charge in [0.2, 0.25) is 0 Å². The number of amides is 1. The monoisotopic (exact) mass is 176 g/mol. The van der Waals surface area contributed by atoms with E-state index in [0.717, 1.165) is 5.52 Å². The maximum atomic E-state index is 11.2. The lowest BCUT2D eigenvalue weighted by Crippen LogP contribution is -2.29.